The first kappa shape index (κ1) is 14.4. The van der Waals surface area contributed by atoms with Crippen LogP contribution in [-0.2, 0) is 0 Å². The first-order chi connectivity index (χ1) is 10.2. The zero-order chi connectivity index (χ0) is 14.9. The SMILES string of the molecule is CCC1(CC)C(Cl)CC1Oc1ncn(-c2ccccc2)n1. The minimum Gasteiger partial charge on any atom is -0.458 e. The second kappa shape index (κ2) is 5.68. The van der Waals surface area contributed by atoms with Gasteiger partial charge in [-0.3, -0.25) is 0 Å². The average molecular weight is 306 g/mol. The molecule has 0 saturated heterocycles. The molecule has 0 bridgehead atoms. The third-order valence-corrected chi connectivity index (χ3v) is 5.35. The zero-order valence-corrected chi connectivity index (χ0v) is 13.1. The summed E-state index contributed by atoms with van der Waals surface area (Å²) in [6.45, 7) is 4.34. The van der Waals surface area contributed by atoms with Gasteiger partial charge in [0.05, 0.1) is 5.69 Å². The van der Waals surface area contributed by atoms with Gasteiger partial charge in [-0.15, -0.1) is 16.7 Å². The van der Waals surface area contributed by atoms with Gasteiger partial charge in [-0.25, -0.2) is 4.68 Å². The van der Waals surface area contributed by atoms with E-state index in [1.165, 1.54) is 0 Å². The molecule has 1 aliphatic rings. The van der Waals surface area contributed by atoms with Gasteiger partial charge in [-0.1, -0.05) is 32.0 Å². The number of para-hydroxylation sites is 1. The fraction of sp³-hybridized carbons (Fsp3) is 0.500. The molecule has 5 heteroatoms. The lowest BCUT2D eigenvalue weighted by atomic mass is 9.62. The fourth-order valence-corrected chi connectivity index (χ4v) is 3.76. The standard InChI is InChI=1S/C16H20ClN3O/c1-3-16(4-2)13(17)10-14(16)21-15-18-11-20(19-15)12-8-6-5-7-9-12/h5-9,11,13-14H,3-4,10H2,1-2H3. The number of ether oxygens (including phenoxy) is 1. The van der Waals surface area contributed by atoms with Gasteiger partial charge in [-0.05, 0) is 25.0 Å². The van der Waals surface area contributed by atoms with Crippen molar-refractivity contribution in [3.63, 3.8) is 0 Å². The first-order valence-corrected chi connectivity index (χ1v) is 7.91. The number of hydrogen-bond donors (Lipinski definition) is 0. The van der Waals surface area contributed by atoms with Crippen LogP contribution in [0.15, 0.2) is 36.7 Å². The van der Waals surface area contributed by atoms with Crippen LogP contribution in [0.1, 0.15) is 33.1 Å². The van der Waals surface area contributed by atoms with Gasteiger partial charge >= 0.3 is 6.01 Å². The highest BCUT2D eigenvalue weighted by atomic mass is 35.5. The highest BCUT2D eigenvalue weighted by Gasteiger charge is 2.53. The highest BCUT2D eigenvalue weighted by molar-refractivity contribution is 6.21. The molecule has 0 N–H and O–H groups in total. The summed E-state index contributed by atoms with van der Waals surface area (Å²) in [4.78, 5) is 4.26. The van der Waals surface area contributed by atoms with E-state index >= 15 is 0 Å². The second-order valence-corrected chi connectivity index (χ2v) is 6.08. The van der Waals surface area contributed by atoms with E-state index in [0.29, 0.717) is 6.01 Å². The molecular formula is C16H20ClN3O. The molecule has 1 saturated carbocycles. The van der Waals surface area contributed by atoms with Crippen LogP contribution in [0, 0.1) is 5.41 Å². The summed E-state index contributed by atoms with van der Waals surface area (Å²) in [5.41, 5.74) is 1.03. The molecule has 0 aliphatic heterocycles. The number of benzene rings is 1. The Labute approximate surface area is 130 Å². The number of nitrogens with zero attached hydrogens (tertiary/aromatic N) is 3. The normalized spacial score (nSPS) is 23.6. The van der Waals surface area contributed by atoms with E-state index in [0.717, 1.165) is 24.9 Å². The van der Waals surface area contributed by atoms with Crippen molar-refractivity contribution >= 4 is 11.6 Å². The monoisotopic (exact) mass is 305 g/mol. The van der Waals surface area contributed by atoms with Crippen molar-refractivity contribution in [3.05, 3.63) is 36.7 Å². The molecule has 1 aromatic heterocycles. The van der Waals surface area contributed by atoms with Crippen LogP contribution >= 0.6 is 11.6 Å². The Hall–Kier alpha value is -1.55. The van der Waals surface area contributed by atoms with Crippen LogP contribution in [0.5, 0.6) is 6.01 Å². The summed E-state index contributed by atoms with van der Waals surface area (Å²) in [5.74, 6) is 0. The number of rotatable bonds is 5. The molecule has 0 radical (unpaired) electrons. The maximum atomic E-state index is 6.41. The Bertz CT molecular complexity index is 595. The summed E-state index contributed by atoms with van der Waals surface area (Å²) in [7, 11) is 0. The van der Waals surface area contributed by atoms with Crippen molar-refractivity contribution in [1.29, 1.82) is 0 Å². The molecule has 2 unspecified atom stereocenters. The molecule has 1 aliphatic carbocycles. The molecule has 2 atom stereocenters. The van der Waals surface area contributed by atoms with Crippen molar-refractivity contribution < 1.29 is 4.74 Å². The average Bonchev–Trinajstić information content (AvgIpc) is 2.98. The number of aromatic nitrogens is 3. The van der Waals surface area contributed by atoms with E-state index < -0.39 is 0 Å². The fourth-order valence-electron chi connectivity index (χ4n) is 3.15. The molecule has 3 rings (SSSR count). The number of halogens is 1. The van der Waals surface area contributed by atoms with Gasteiger partial charge in [0.25, 0.3) is 0 Å². The number of alkyl halides is 1. The highest BCUT2D eigenvalue weighted by Crippen LogP contribution is 2.51. The van der Waals surface area contributed by atoms with E-state index in [9.17, 15) is 0 Å². The molecule has 1 fully saturated rings. The third-order valence-electron chi connectivity index (χ3n) is 4.74. The van der Waals surface area contributed by atoms with Crippen molar-refractivity contribution in [3.8, 4) is 11.7 Å². The smallest absolute Gasteiger partial charge is 0.336 e. The van der Waals surface area contributed by atoms with E-state index in [-0.39, 0.29) is 16.9 Å². The topological polar surface area (TPSA) is 39.9 Å². The van der Waals surface area contributed by atoms with Crippen LogP contribution in [0.3, 0.4) is 0 Å². The van der Waals surface area contributed by atoms with Crippen LogP contribution in [0.25, 0.3) is 5.69 Å². The van der Waals surface area contributed by atoms with Gasteiger partial charge in [0.15, 0.2) is 0 Å². The largest absolute Gasteiger partial charge is 0.458 e. The predicted molar refractivity (Wildman–Crippen MR) is 83.0 cm³/mol. The lowest BCUT2D eigenvalue weighted by Crippen LogP contribution is -2.56. The maximum Gasteiger partial charge on any atom is 0.336 e. The Morgan fingerprint density at radius 3 is 2.62 bits per heavy atom. The zero-order valence-electron chi connectivity index (χ0n) is 12.4. The summed E-state index contributed by atoms with van der Waals surface area (Å²) < 4.78 is 7.72. The van der Waals surface area contributed by atoms with E-state index in [4.69, 9.17) is 16.3 Å². The quantitative estimate of drug-likeness (QED) is 0.788. The Morgan fingerprint density at radius 1 is 1.29 bits per heavy atom. The summed E-state index contributed by atoms with van der Waals surface area (Å²) in [6.07, 6.45) is 4.69. The predicted octanol–water partition coefficient (Wildman–Crippen LogP) is 3.83. The van der Waals surface area contributed by atoms with Crippen molar-refractivity contribution in [1.82, 2.24) is 14.8 Å². The molecular weight excluding hydrogens is 286 g/mol. The Kier molecular flexibility index (Phi) is 3.89. The van der Waals surface area contributed by atoms with Crippen molar-refractivity contribution in [2.45, 2.75) is 44.6 Å². The summed E-state index contributed by atoms with van der Waals surface area (Å²) in [5, 5.41) is 4.59. The molecule has 0 amide bonds. The second-order valence-electron chi connectivity index (χ2n) is 5.56. The minimum atomic E-state index is 0.0553. The third kappa shape index (κ3) is 2.42. The lowest BCUT2D eigenvalue weighted by molar-refractivity contribution is -0.0510. The lowest BCUT2D eigenvalue weighted by Gasteiger charge is -2.51. The molecule has 2 aromatic rings. The van der Waals surface area contributed by atoms with E-state index in [1.807, 2.05) is 30.3 Å². The first-order valence-electron chi connectivity index (χ1n) is 7.47. The van der Waals surface area contributed by atoms with Gasteiger partial charge < -0.3 is 4.74 Å². The number of hydrogen-bond acceptors (Lipinski definition) is 3. The summed E-state index contributed by atoms with van der Waals surface area (Å²) >= 11 is 6.41. The summed E-state index contributed by atoms with van der Waals surface area (Å²) in [6, 6.07) is 10.3. The molecule has 0 spiro atoms. The molecule has 1 heterocycles. The van der Waals surface area contributed by atoms with E-state index in [1.54, 1.807) is 11.0 Å². The Balaban J connectivity index is 1.74. The van der Waals surface area contributed by atoms with E-state index in [2.05, 4.69) is 23.9 Å². The maximum absolute atomic E-state index is 6.41. The van der Waals surface area contributed by atoms with Crippen LogP contribution < -0.4 is 4.74 Å². The molecule has 21 heavy (non-hydrogen) atoms. The molecule has 4 nitrogen and oxygen atoms in total. The van der Waals surface area contributed by atoms with Crippen molar-refractivity contribution in [2.75, 3.05) is 0 Å². The molecule has 112 valence electrons. The van der Waals surface area contributed by atoms with Crippen LogP contribution in [-0.4, -0.2) is 26.2 Å². The molecule has 1 aromatic carbocycles. The minimum absolute atomic E-state index is 0.0553. The Morgan fingerprint density at radius 2 is 2.00 bits per heavy atom. The van der Waals surface area contributed by atoms with Crippen LogP contribution in [0.2, 0.25) is 0 Å². The van der Waals surface area contributed by atoms with Crippen molar-refractivity contribution in [2.24, 2.45) is 5.41 Å². The van der Waals surface area contributed by atoms with Crippen LogP contribution in [0.4, 0.5) is 0 Å². The van der Waals surface area contributed by atoms with Gasteiger partial charge in [-0.2, -0.15) is 4.98 Å². The van der Waals surface area contributed by atoms with Gasteiger partial charge in [0.2, 0.25) is 0 Å². The van der Waals surface area contributed by atoms with Gasteiger partial charge in [0.1, 0.15) is 12.4 Å². The van der Waals surface area contributed by atoms with Gasteiger partial charge in [0, 0.05) is 17.2 Å².